The third kappa shape index (κ3) is 10.1. The van der Waals surface area contributed by atoms with Crippen LogP contribution in [0.2, 0.25) is 0 Å². The van der Waals surface area contributed by atoms with Crippen molar-refractivity contribution < 1.29 is 28.6 Å². The summed E-state index contributed by atoms with van der Waals surface area (Å²) in [4.78, 5) is 36.6. The van der Waals surface area contributed by atoms with Crippen LogP contribution < -0.4 is 10.6 Å². The van der Waals surface area contributed by atoms with Crippen molar-refractivity contribution >= 4 is 23.7 Å². The highest BCUT2D eigenvalue weighted by Gasteiger charge is 2.26. The first-order chi connectivity index (χ1) is 15.7. The van der Waals surface area contributed by atoms with E-state index < -0.39 is 23.7 Å². The van der Waals surface area contributed by atoms with Crippen molar-refractivity contribution in [2.24, 2.45) is 0 Å². The highest BCUT2D eigenvalue weighted by molar-refractivity contribution is 5.82. The minimum atomic E-state index is -0.929. The maximum Gasteiger partial charge on any atom is 0.408 e. The van der Waals surface area contributed by atoms with Gasteiger partial charge >= 0.3 is 18.0 Å². The van der Waals surface area contributed by atoms with Gasteiger partial charge in [0.05, 0.1) is 6.61 Å². The van der Waals surface area contributed by atoms with Gasteiger partial charge in [-0.15, -0.1) is 0 Å². The Morgan fingerprint density at radius 2 is 1.58 bits per heavy atom. The highest BCUT2D eigenvalue weighted by atomic mass is 16.6. The van der Waals surface area contributed by atoms with E-state index in [0.717, 1.165) is 16.8 Å². The van der Waals surface area contributed by atoms with Gasteiger partial charge in [0, 0.05) is 12.1 Å². The second-order valence-corrected chi connectivity index (χ2v) is 8.35. The fourth-order valence-electron chi connectivity index (χ4n) is 2.85. The predicted octanol–water partition coefficient (Wildman–Crippen LogP) is 3.84. The molecule has 2 N–H and O–H groups in total. The summed E-state index contributed by atoms with van der Waals surface area (Å²) in [5.41, 5.74) is 1.68. The van der Waals surface area contributed by atoms with Gasteiger partial charge in [-0.25, -0.2) is 9.59 Å². The van der Waals surface area contributed by atoms with Crippen LogP contribution in [0.5, 0.6) is 0 Å². The number of rotatable bonds is 10. The Bertz CT molecular complexity index is 907. The molecule has 0 unspecified atom stereocenters. The molecule has 1 amide bonds. The van der Waals surface area contributed by atoms with Crippen molar-refractivity contribution in [1.29, 1.82) is 0 Å². The van der Waals surface area contributed by atoms with E-state index in [1.54, 1.807) is 39.8 Å². The first-order valence-electron chi connectivity index (χ1n) is 10.8. The molecule has 0 saturated carbocycles. The summed E-state index contributed by atoms with van der Waals surface area (Å²) in [6.07, 6.45) is -0.484. The molecule has 0 fully saturated rings. The number of hydrogen-bond acceptors (Lipinski definition) is 7. The van der Waals surface area contributed by atoms with Gasteiger partial charge in [0.15, 0.2) is 0 Å². The summed E-state index contributed by atoms with van der Waals surface area (Å²) in [6.45, 7) is 7.47. The van der Waals surface area contributed by atoms with E-state index in [1.807, 2.05) is 42.5 Å². The van der Waals surface area contributed by atoms with E-state index in [0.29, 0.717) is 6.61 Å². The first-order valence-corrected chi connectivity index (χ1v) is 10.8. The lowest BCUT2D eigenvalue weighted by atomic mass is 10.1. The van der Waals surface area contributed by atoms with Gasteiger partial charge in [-0.2, -0.15) is 0 Å². The van der Waals surface area contributed by atoms with Gasteiger partial charge in [-0.1, -0.05) is 42.5 Å². The average molecular weight is 457 g/mol. The fourth-order valence-corrected chi connectivity index (χ4v) is 2.85. The number of nitrogens with one attached hydrogen (secondary N) is 2. The number of anilines is 1. The van der Waals surface area contributed by atoms with Crippen LogP contribution in [-0.2, 0) is 36.8 Å². The first kappa shape index (κ1) is 25.7. The normalized spacial score (nSPS) is 11.8. The largest absolute Gasteiger partial charge is 0.465 e. The molecule has 1 atom stereocenters. The van der Waals surface area contributed by atoms with E-state index in [-0.39, 0.29) is 25.5 Å². The van der Waals surface area contributed by atoms with Crippen LogP contribution in [-0.4, -0.2) is 42.8 Å². The summed E-state index contributed by atoms with van der Waals surface area (Å²) >= 11 is 0. The van der Waals surface area contributed by atoms with Gasteiger partial charge in [0.25, 0.3) is 0 Å². The van der Waals surface area contributed by atoms with Crippen molar-refractivity contribution in [2.45, 2.75) is 52.4 Å². The van der Waals surface area contributed by atoms with Crippen molar-refractivity contribution in [3.05, 3.63) is 65.7 Å². The number of carbonyl (C=O) groups excluding carboxylic acids is 3. The van der Waals surface area contributed by atoms with E-state index in [9.17, 15) is 14.4 Å². The number of benzene rings is 2. The zero-order valence-corrected chi connectivity index (χ0v) is 19.6. The lowest BCUT2D eigenvalue weighted by molar-refractivity contribution is -0.147. The molecular formula is C25H32N2O6. The topological polar surface area (TPSA) is 103 Å². The molecule has 0 bridgehead atoms. The molecule has 0 spiro atoms. The molecule has 0 aliphatic heterocycles. The molecular weight excluding hydrogens is 424 g/mol. The molecule has 8 heteroatoms. The van der Waals surface area contributed by atoms with Crippen LogP contribution in [0.1, 0.15) is 38.8 Å². The molecule has 178 valence electrons. The molecule has 2 rings (SSSR count). The van der Waals surface area contributed by atoms with Gasteiger partial charge in [0.2, 0.25) is 0 Å². The predicted molar refractivity (Wildman–Crippen MR) is 125 cm³/mol. The zero-order chi connectivity index (χ0) is 24.3. The standard InChI is InChI=1S/C25H32N2O6/c1-5-31-22(28)16-26-20-13-11-18(12-14-20)15-21(27-24(30)33-25(2,3)4)23(29)32-17-19-9-7-6-8-10-19/h6-14,21,26H,5,15-17H2,1-4H3,(H,27,30)/t21-/m0/s1. The highest BCUT2D eigenvalue weighted by Crippen LogP contribution is 2.14. The molecule has 2 aromatic rings. The van der Waals surface area contributed by atoms with Gasteiger partial charge < -0.3 is 24.8 Å². The Labute approximate surface area is 194 Å². The Hall–Kier alpha value is -3.55. The number of amides is 1. The minimum absolute atomic E-state index is 0.0574. The molecule has 0 aliphatic rings. The minimum Gasteiger partial charge on any atom is -0.465 e. The Morgan fingerprint density at radius 1 is 0.909 bits per heavy atom. The second-order valence-electron chi connectivity index (χ2n) is 8.35. The third-order valence-electron chi connectivity index (χ3n) is 4.34. The molecule has 33 heavy (non-hydrogen) atoms. The average Bonchev–Trinajstić information content (AvgIpc) is 2.76. The van der Waals surface area contributed by atoms with Crippen LogP contribution in [0.4, 0.5) is 10.5 Å². The molecule has 0 heterocycles. The van der Waals surface area contributed by atoms with Crippen LogP contribution in [0, 0.1) is 0 Å². The number of hydrogen-bond donors (Lipinski definition) is 2. The summed E-state index contributed by atoms with van der Waals surface area (Å²) < 4.78 is 15.6. The van der Waals surface area contributed by atoms with Crippen LogP contribution >= 0.6 is 0 Å². The third-order valence-corrected chi connectivity index (χ3v) is 4.34. The van der Waals surface area contributed by atoms with Crippen LogP contribution in [0.3, 0.4) is 0 Å². The lowest BCUT2D eigenvalue weighted by Gasteiger charge is -2.23. The Morgan fingerprint density at radius 3 is 2.18 bits per heavy atom. The second kappa shape index (κ2) is 12.5. The molecule has 0 saturated heterocycles. The zero-order valence-electron chi connectivity index (χ0n) is 19.6. The van der Waals surface area contributed by atoms with Crippen molar-refractivity contribution in [2.75, 3.05) is 18.5 Å². The maximum absolute atomic E-state index is 12.8. The summed E-state index contributed by atoms with van der Waals surface area (Å²) in [6, 6.07) is 15.6. The number of esters is 2. The summed E-state index contributed by atoms with van der Waals surface area (Å²) in [5, 5.41) is 5.59. The Kier molecular flexibility index (Phi) is 9.72. The molecule has 0 aromatic heterocycles. The smallest absolute Gasteiger partial charge is 0.408 e. The molecule has 2 aromatic carbocycles. The van der Waals surface area contributed by atoms with Crippen LogP contribution in [0.15, 0.2) is 54.6 Å². The van der Waals surface area contributed by atoms with Gasteiger partial charge in [0.1, 0.15) is 24.8 Å². The molecule has 8 nitrogen and oxygen atoms in total. The number of ether oxygens (including phenoxy) is 3. The van der Waals surface area contributed by atoms with E-state index in [2.05, 4.69) is 10.6 Å². The summed E-state index contributed by atoms with van der Waals surface area (Å²) in [5.74, 6) is -0.904. The quantitative estimate of drug-likeness (QED) is 0.414. The van der Waals surface area contributed by atoms with Crippen LogP contribution in [0.25, 0.3) is 0 Å². The van der Waals surface area contributed by atoms with Gasteiger partial charge in [-0.3, -0.25) is 4.79 Å². The van der Waals surface area contributed by atoms with Gasteiger partial charge in [-0.05, 0) is 51.0 Å². The molecule has 0 aliphatic carbocycles. The van der Waals surface area contributed by atoms with E-state index in [4.69, 9.17) is 14.2 Å². The van der Waals surface area contributed by atoms with E-state index in [1.165, 1.54) is 0 Å². The summed E-state index contributed by atoms with van der Waals surface area (Å²) in [7, 11) is 0. The van der Waals surface area contributed by atoms with Crippen molar-refractivity contribution in [3.63, 3.8) is 0 Å². The molecule has 0 radical (unpaired) electrons. The fraction of sp³-hybridized carbons (Fsp3) is 0.400. The van der Waals surface area contributed by atoms with E-state index >= 15 is 0 Å². The number of alkyl carbamates (subject to hydrolysis) is 1. The Balaban J connectivity index is 2.03. The number of carbonyl (C=O) groups is 3. The SMILES string of the molecule is CCOC(=O)CNc1ccc(C[C@H](NC(=O)OC(C)(C)C)C(=O)OCc2ccccc2)cc1. The lowest BCUT2D eigenvalue weighted by Crippen LogP contribution is -2.45. The van der Waals surface area contributed by atoms with Crippen molar-refractivity contribution in [3.8, 4) is 0 Å². The maximum atomic E-state index is 12.8. The monoisotopic (exact) mass is 456 g/mol. The van der Waals surface area contributed by atoms with Crippen molar-refractivity contribution in [1.82, 2.24) is 5.32 Å².